The van der Waals surface area contributed by atoms with Crippen LogP contribution in [0, 0.1) is 23.7 Å². The number of rotatable bonds is 6. The van der Waals surface area contributed by atoms with Crippen molar-refractivity contribution in [3.8, 4) is 0 Å². The van der Waals surface area contributed by atoms with Gasteiger partial charge in [-0.3, -0.25) is 0 Å². The second kappa shape index (κ2) is 16.3. The summed E-state index contributed by atoms with van der Waals surface area (Å²) in [6.45, 7) is 20.1. The van der Waals surface area contributed by atoms with Crippen molar-refractivity contribution < 1.29 is 0 Å². The van der Waals surface area contributed by atoms with E-state index in [9.17, 15) is 0 Å². The van der Waals surface area contributed by atoms with Gasteiger partial charge in [-0.2, -0.15) is 0 Å². The molecule has 3 nitrogen and oxygen atoms in total. The molecule has 0 heterocycles. The van der Waals surface area contributed by atoms with Crippen LogP contribution in [0.4, 0.5) is 0 Å². The predicted octanol–water partition coefficient (Wildman–Crippen LogP) is 3.96. The molecule has 0 aromatic carbocycles. The summed E-state index contributed by atoms with van der Waals surface area (Å²) in [4.78, 5) is 0. The Balaban J connectivity index is -0.000000234. The Hall–Kier alpha value is -0.120. The lowest BCUT2D eigenvalue weighted by molar-refractivity contribution is 0.316. The molecule has 0 saturated heterocycles. The molecule has 3 N–H and O–H groups in total. The third-order valence-electron chi connectivity index (χ3n) is 4.42. The van der Waals surface area contributed by atoms with Crippen LogP contribution >= 0.6 is 0 Å². The zero-order valence-corrected chi connectivity index (χ0v) is 17.0. The SMILES string of the molecule is CC(C)C(C)C(C)C.CNC(C)C(C)C.CNC(C)NC. The van der Waals surface area contributed by atoms with Crippen molar-refractivity contribution in [1.82, 2.24) is 16.0 Å². The first-order valence-corrected chi connectivity index (χ1v) is 8.56. The van der Waals surface area contributed by atoms with Crippen molar-refractivity contribution in [2.45, 2.75) is 74.5 Å². The van der Waals surface area contributed by atoms with Crippen molar-refractivity contribution in [3.63, 3.8) is 0 Å². The van der Waals surface area contributed by atoms with Crippen LogP contribution in [0.5, 0.6) is 0 Å². The van der Waals surface area contributed by atoms with Gasteiger partial charge in [-0.1, -0.05) is 48.5 Å². The van der Waals surface area contributed by atoms with Crippen LogP contribution < -0.4 is 16.0 Å². The quantitative estimate of drug-likeness (QED) is 0.650. The molecule has 0 fully saturated rings. The molecule has 0 aromatic rings. The average molecular weight is 304 g/mol. The first-order chi connectivity index (χ1) is 9.54. The summed E-state index contributed by atoms with van der Waals surface area (Å²) in [5.41, 5.74) is 0. The second-order valence-corrected chi connectivity index (χ2v) is 6.97. The van der Waals surface area contributed by atoms with E-state index in [0.717, 1.165) is 23.7 Å². The molecule has 0 aliphatic heterocycles. The molecule has 0 aromatic heterocycles. The summed E-state index contributed by atoms with van der Waals surface area (Å²) in [5, 5.41) is 9.17. The van der Waals surface area contributed by atoms with E-state index >= 15 is 0 Å². The molecule has 132 valence electrons. The number of nitrogens with one attached hydrogen (secondary N) is 3. The van der Waals surface area contributed by atoms with Gasteiger partial charge in [0.25, 0.3) is 0 Å². The maximum Gasteiger partial charge on any atom is 0.0537 e. The zero-order valence-electron chi connectivity index (χ0n) is 17.0. The van der Waals surface area contributed by atoms with Crippen LogP contribution in [0.2, 0.25) is 0 Å². The van der Waals surface area contributed by atoms with E-state index in [-0.39, 0.29) is 0 Å². The Kier molecular flexibility index (Phi) is 20.0. The minimum absolute atomic E-state index is 0.435. The van der Waals surface area contributed by atoms with Crippen molar-refractivity contribution in [2.24, 2.45) is 23.7 Å². The van der Waals surface area contributed by atoms with E-state index < -0.39 is 0 Å². The van der Waals surface area contributed by atoms with Crippen molar-refractivity contribution in [1.29, 1.82) is 0 Å². The molecular weight excluding hydrogens is 258 g/mol. The van der Waals surface area contributed by atoms with Gasteiger partial charge in [-0.05, 0) is 58.7 Å². The molecule has 0 spiro atoms. The lowest BCUT2D eigenvalue weighted by atomic mass is 9.88. The molecular formula is C18H45N3. The van der Waals surface area contributed by atoms with Crippen LogP contribution in [-0.4, -0.2) is 33.4 Å². The van der Waals surface area contributed by atoms with Crippen LogP contribution in [0.1, 0.15) is 62.3 Å². The van der Waals surface area contributed by atoms with Gasteiger partial charge in [-0.15, -0.1) is 0 Å². The highest BCUT2D eigenvalue weighted by Gasteiger charge is 2.09. The van der Waals surface area contributed by atoms with E-state index in [1.54, 1.807) is 0 Å². The largest absolute Gasteiger partial charge is 0.317 e. The maximum atomic E-state index is 3.16. The molecule has 0 radical (unpaired) electrons. The Labute approximate surface area is 136 Å². The minimum atomic E-state index is 0.435. The van der Waals surface area contributed by atoms with Crippen LogP contribution in [0.25, 0.3) is 0 Å². The summed E-state index contributed by atoms with van der Waals surface area (Å²) < 4.78 is 0. The third-order valence-corrected chi connectivity index (χ3v) is 4.42. The summed E-state index contributed by atoms with van der Waals surface area (Å²) >= 11 is 0. The standard InChI is InChI=1S/C8H18.C6H15N.C4H12N2/c1-6(2)8(5)7(3)4;1-5(2)6(3)7-4;1-4(5-2)6-3/h6-8H,1-5H3;5-7H,1-4H3;4-6H,1-3H3. The van der Waals surface area contributed by atoms with Gasteiger partial charge in [0.05, 0.1) is 6.17 Å². The van der Waals surface area contributed by atoms with Gasteiger partial charge in [0.1, 0.15) is 0 Å². The molecule has 1 atom stereocenters. The molecule has 0 bridgehead atoms. The van der Waals surface area contributed by atoms with E-state index in [1.165, 1.54) is 0 Å². The molecule has 0 aliphatic carbocycles. The summed E-state index contributed by atoms with van der Waals surface area (Å²) in [7, 11) is 5.83. The molecule has 0 amide bonds. The smallest absolute Gasteiger partial charge is 0.0537 e. The summed E-state index contributed by atoms with van der Waals surface area (Å²) in [6.07, 6.45) is 0.435. The Morgan fingerprint density at radius 3 is 0.810 bits per heavy atom. The molecule has 3 heteroatoms. The van der Waals surface area contributed by atoms with Gasteiger partial charge in [0, 0.05) is 6.04 Å². The lowest BCUT2D eigenvalue weighted by Gasteiger charge is -2.18. The Morgan fingerprint density at radius 2 is 0.810 bits per heavy atom. The molecule has 0 rings (SSSR count). The molecule has 0 saturated carbocycles. The van der Waals surface area contributed by atoms with E-state index in [1.807, 2.05) is 21.1 Å². The fourth-order valence-corrected chi connectivity index (χ4v) is 1.25. The van der Waals surface area contributed by atoms with Gasteiger partial charge in [0.15, 0.2) is 0 Å². The lowest BCUT2D eigenvalue weighted by Crippen LogP contribution is -2.34. The molecule has 21 heavy (non-hydrogen) atoms. The second-order valence-electron chi connectivity index (χ2n) is 6.97. The van der Waals surface area contributed by atoms with Crippen LogP contribution in [0.15, 0.2) is 0 Å². The van der Waals surface area contributed by atoms with Crippen molar-refractivity contribution >= 4 is 0 Å². The normalized spacial score (nSPS) is 12.4. The Morgan fingerprint density at radius 1 is 0.476 bits per heavy atom. The Bertz CT molecular complexity index is 179. The maximum absolute atomic E-state index is 3.16. The van der Waals surface area contributed by atoms with E-state index in [2.05, 4.69) is 78.3 Å². The fraction of sp³-hybridized carbons (Fsp3) is 1.00. The highest BCUT2D eigenvalue weighted by Crippen LogP contribution is 2.18. The fourth-order valence-electron chi connectivity index (χ4n) is 1.25. The highest BCUT2D eigenvalue weighted by atomic mass is 15.1. The van der Waals surface area contributed by atoms with Crippen molar-refractivity contribution in [2.75, 3.05) is 21.1 Å². The first-order valence-electron chi connectivity index (χ1n) is 8.56. The summed E-state index contributed by atoms with van der Waals surface area (Å²) in [6, 6.07) is 0.653. The van der Waals surface area contributed by atoms with Gasteiger partial charge < -0.3 is 16.0 Å². The number of hydrogen-bond donors (Lipinski definition) is 3. The third kappa shape index (κ3) is 19.9. The van der Waals surface area contributed by atoms with E-state index in [4.69, 9.17) is 0 Å². The number of hydrogen-bond acceptors (Lipinski definition) is 3. The predicted molar refractivity (Wildman–Crippen MR) is 99.8 cm³/mol. The minimum Gasteiger partial charge on any atom is -0.317 e. The van der Waals surface area contributed by atoms with Gasteiger partial charge >= 0.3 is 0 Å². The van der Waals surface area contributed by atoms with E-state index in [0.29, 0.717) is 12.2 Å². The summed E-state index contributed by atoms with van der Waals surface area (Å²) in [5.74, 6) is 3.31. The monoisotopic (exact) mass is 303 g/mol. The van der Waals surface area contributed by atoms with Crippen molar-refractivity contribution in [3.05, 3.63) is 0 Å². The molecule has 1 unspecified atom stereocenters. The topological polar surface area (TPSA) is 36.1 Å². The van der Waals surface area contributed by atoms with Crippen LogP contribution in [-0.2, 0) is 0 Å². The van der Waals surface area contributed by atoms with Gasteiger partial charge in [-0.25, -0.2) is 0 Å². The molecule has 0 aliphatic rings. The zero-order chi connectivity index (χ0) is 17.6. The van der Waals surface area contributed by atoms with Gasteiger partial charge in [0.2, 0.25) is 0 Å². The first kappa shape index (κ1) is 25.8. The van der Waals surface area contributed by atoms with Crippen LogP contribution in [0.3, 0.4) is 0 Å². The average Bonchev–Trinajstić information content (AvgIpc) is 2.45. The highest BCUT2D eigenvalue weighted by molar-refractivity contribution is 4.60.